The first-order valence-corrected chi connectivity index (χ1v) is 14.2. The zero-order valence-corrected chi connectivity index (χ0v) is 19.6. The lowest BCUT2D eigenvalue weighted by molar-refractivity contribution is -0.152. The first-order chi connectivity index (χ1) is 14.9. The highest BCUT2D eigenvalue weighted by Crippen LogP contribution is 2.50. The zero-order chi connectivity index (χ0) is 23.6. The van der Waals surface area contributed by atoms with Crippen LogP contribution in [0.3, 0.4) is 0 Å². The van der Waals surface area contributed by atoms with Gasteiger partial charge in [0.1, 0.15) is 11.5 Å². The van der Waals surface area contributed by atoms with E-state index in [4.69, 9.17) is 11.2 Å². The second kappa shape index (κ2) is 7.21. The molecule has 3 aliphatic carbocycles. The maximum Gasteiger partial charge on any atom is 0.304 e. The minimum Gasteiger partial charge on any atom is -0.507 e. The van der Waals surface area contributed by atoms with Crippen LogP contribution in [0.2, 0.25) is 19.6 Å². The molecule has 3 atom stereocenters. The van der Waals surface area contributed by atoms with Gasteiger partial charge in [-0.15, -0.1) is 6.42 Å². The Morgan fingerprint density at radius 1 is 1.16 bits per heavy atom. The summed E-state index contributed by atoms with van der Waals surface area (Å²) in [4.78, 5) is 38.8. The van der Waals surface area contributed by atoms with Gasteiger partial charge in [0.2, 0.25) is 0 Å². The average molecular weight is 451 g/mol. The van der Waals surface area contributed by atoms with Gasteiger partial charge in [0.25, 0.3) is 0 Å². The third kappa shape index (κ3) is 3.13. The monoisotopic (exact) mass is 450 g/mol. The number of phenolic OH excluding ortho intramolecular Hbond substituents is 2. The molecular weight excluding hydrogens is 424 g/mol. The standard InChI is InChI=1S/C25H26O6Si/c1-6-25(31-13(2)26)11-10-14-16(12-25)23(29)20-19(21(14)27)22(28)15-8-7-9-17(32(3,4)5)18(15)24(20)30/h1,7-9,15,18,27,29H,10-12H2,2-5H3. The van der Waals surface area contributed by atoms with Crippen molar-refractivity contribution in [1.29, 1.82) is 0 Å². The minimum atomic E-state index is -1.96. The number of terminal acetylenes is 1. The fourth-order valence-electron chi connectivity index (χ4n) is 5.25. The molecule has 7 heteroatoms. The summed E-state index contributed by atoms with van der Waals surface area (Å²) < 4.78 is 5.39. The molecule has 1 aromatic rings. The van der Waals surface area contributed by atoms with Crippen LogP contribution in [0.25, 0.3) is 0 Å². The van der Waals surface area contributed by atoms with Gasteiger partial charge in [-0.3, -0.25) is 14.4 Å². The maximum atomic E-state index is 13.7. The quantitative estimate of drug-likeness (QED) is 0.310. The summed E-state index contributed by atoms with van der Waals surface area (Å²) in [6.07, 6.45) is 11.5. The molecule has 6 nitrogen and oxygen atoms in total. The molecular formula is C25H26O6Si. The number of Topliss-reactive ketones (excluding diaryl/α,β-unsaturated/α-hetero) is 2. The number of fused-ring (bicyclic) bond motifs is 3. The largest absolute Gasteiger partial charge is 0.507 e. The molecule has 166 valence electrons. The molecule has 0 aromatic heterocycles. The van der Waals surface area contributed by atoms with E-state index < -0.39 is 31.5 Å². The van der Waals surface area contributed by atoms with E-state index >= 15 is 0 Å². The van der Waals surface area contributed by atoms with E-state index in [1.165, 1.54) is 6.92 Å². The average Bonchev–Trinajstić information content (AvgIpc) is 2.72. The third-order valence-corrected chi connectivity index (χ3v) is 8.95. The first kappa shape index (κ1) is 22.1. The number of allylic oxidation sites excluding steroid dienone is 4. The number of ketones is 2. The van der Waals surface area contributed by atoms with E-state index in [0.717, 1.165) is 5.20 Å². The fraction of sp³-hybridized carbons (Fsp3) is 0.400. The summed E-state index contributed by atoms with van der Waals surface area (Å²) in [6, 6.07) is 0. The number of phenols is 2. The number of aromatic hydroxyl groups is 2. The first-order valence-electron chi connectivity index (χ1n) is 10.7. The van der Waals surface area contributed by atoms with Crippen molar-refractivity contribution in [3.8, 4) is 23.8 Å². The Kier molecular flexibility index (Phi) is 4.98. The van der Waals surface area contributed by atoms with Crippen LogP contribution in [0.4, 0.5) is 0 Å². The lowest BCUT2D eigenvalue weighted by Crippen LogP contribution is -2.44. The number of rotatable bonds is 2. The maximum absolute atomic E-state index is 13.7. The molecule has 0 bridgehead atoms. The van der Waals surface area contributed by atoms with E-state index in [-0.39, 0.29) is 59.0 Å². The van der Waals surface area contributed by atoms with Crippen molar-refractivity contribution in [2.45, 2.75) is 51.4 Å². The molecule has 0 amide bonds. The second-order valence-corrected chi connectivity index (χ2v) is 14.9. The van der Waals surface area contributed by atoms with E-state index in [2.05, 4.69) is 25.6 Å². The normalized spacial score (nSPS) is 26.4. The Balaban J connectivity index is 1.92. The SMILES string of the molecule is C#CC1(OC(C)=O)CCc2c(O)c3c(c(O)c2C1)C(=O)C1C([Si](C)(C)C)=CC=CC1C3=O. The van der Waals surface area contributed by atoms with Crippen LogP contribution in [-0.2, 0) is 22.4 Å². The number of esters is 1. The second-order valence-electron chi connectivity index (χ2n) is 9.80. The van der Waals surface area contributed by atoms with Crippen molar-refractivity contribution in [2.75, 3.05) is 0 Å². The highest BCUT2D eigenvalue weighted by Gasteiger charge is 2.50. The van der Waals surface area contributed by atoms with E-state index in [1.807, 2.05) is 6.08 Å². The van der Waals surface area contributed by atoms with Crippen molar-refractivity contribution in [3.05, 3.63) is 45.7 Å². The van der Waals surface area contributed by atoms with Crippen molar-refractivity contribution < 1.29 is 29.3 Å². The van der Waals surface area contributed by atoms with Gasteiger partial charge in [-0.2, -0.15) is 0 Å². The fourth-order valence-corrected chi connectivity index (χ4v) is 7.09. The lowest BCUT2D eigenvalue weighted by atomic mass is 9.68. The van der Waals surface area contributed by atoms with Gasteiger partial charge < -0.3 is 14.9 Å². The molecule has 2 N–H and O–H groups in total. The molecule has 1 aromatic carbocycles. The Hall–Kier alpha value is -3.11. The summed E-state index contributed by atoms with van der Waals surface area (Å²) in [7, 11) is -1.96. The minimum absolute atomic E-state index is 0.0444. The number of hydrogen-bond donors (Lipinski definition) is 2. The highest BCUT2D eigenvalue weighted by atomic mass is 28.3. The van der Waals surface area contributed by atoms with E-state index in [1.54, 1.807) is 12.2 Å². The number of ether oxygens (including phenoxy) is 1. The van der Waals surface area contributed by atoms with E-state index in [0.29, 0.717) is 5.56 Å². The van der Waals surface area contributed by atoms with Crippen LogP contribution in [0.5, 0.6) is 11.5 Å². The molecule has 3 aliphatic rings. The van der Waals surface area contributed by atoms with Gasteiger partial charge in [0.05, 0.1) is 31.0 Å². The van der Waals surface area contributed by atoms with Crippen LogP contribution in [0.15, 0.2) is 23.4 Å². The van der Waals surface area contributed by atoms with Crippen LogP contribution in [0.1, 0.15) is 45.2 Å². The van der Waals surface area contributed by atoms with Crippen LogP contribution >= 0.6 is 0 Å². The van der Waals surface area contributed by atoms with Crippen molar-refractivity contribution >= 4 is 25.6 Å². The molecule has 0 spiro atoms. The Morgan fingerprint density at radius 3 is 2.38 bits per heavy atom. The summed E-state index contributed by atoms with van der Waals surface area (Å²) in [5.41, 5.74) is -0.911. The molecule has 3 unspecified atom stereocenters. The Bertz CT molecular complexity index is 1180. The molecule has 0 saturated heterocycles. The van der Waals surface area contributed by atoms with Gasteiger partial charge in [-0.1, -0.05) is 49.0 Å². The summed E-state index contributed by atoms with van der Waals surface area (Å²) in [6.45, 7) is 7.56. The van der Waals surface area contributed by atoms with Crippen molar-refractivity contribution in [2.24, 2.45) is 11.8 Å². The van der Waals surface area contributed by atoms with Gasteiger partial charge in [0.15, 0.2) is 17.2 Å². The number of benzene rings is 1. The van der Waals surface area contributed by atoms with Gasteiger partial charge in [-0.25, -0.2) is 0 Å². The zero-order valence-electron chi connectivity index (χ0n) is 18.6. The molecule has 0 fully saturated rings. The summed E-state index contributed by atoms with van der Waals surface area (Å²) in [5, 5.41) is 23.2. The molecule has 0 radical (unpaired) electrons. The third-order valence-electron chi connectivity index (χ3n) is 6.74. The number of carbonyl (C=O) groups is 3. The van der Waals surface area contributed by atoms with Crippen LogP contribution < -0.4 is 0 Å². The molecule has 4 rings (SSSR count). The Morgan fingerprint density at radius 2 is 1.78 bits per heavy atom. The number of hydrogen-bond acceptors (Lipinski definition) is 6. The summed E-state index contributed by atoms with van der Waals surface area (Å²) in [5.74, 6) is -0.799. The predicted molar refractivity (Wildman–Crippen MR) is 121 cm³/mol. The highest BCUT2D eigenvalue weighted by molar-refractivity contribution is 6.83. The van der Waals surface area contributed by atoms with E-state index in [9.17, 15) is 24.6 Å². The smallest absolute Gasteiger partial charge is 0.304 e. The predicted octanol–water partition coefficient (Wildman–Crippen LogP) is 3.51. The molecule has 32 heavy (non-hydrogen) atoms. The Labute approximate surface area is 188 Å². The van der Waals surface area contributed by atoms with Crippen molar-refractivity contribution in [3.63, 3.8) is 0 Å². The van der Waals surface area contributed by atoms with Crippen LogP contribution in [-0.4, -0.2) is 41.4 Å². The molecule has 0 aliphatic heterocycles. The lowest BCUT2D eigenvalue weighted by Gasteiger charge is -2.39. The topological polar surface area (TPSA) is 101 Å². The van der Waals surface area contributed by atoms with Crippen LogP contribution in [0, 0.1) is 24.2 Å². The molecule has 0 saturated carbocycles. The van der Waals surface area contributed by atoms with Gasteiger partial charge in [0, 0.05) is 30.9 Å². The number of carbonyl (C=O) groups excluding carboxylic acids is 3. The summed E-state index contributed by atoms with van der Waals surface area (Å²) >= 11 is 0. The molecule has 0 heterocycles. The van der Waals surface area contributed by atoms with Gasteiger partial charge in [-0.05, 0) is 6.42 Å². The van der Waals surface area contributed by atoms with Crippen molar-refractivity contribution in [1.82, 2.24) is 0 Å². The van der Waals surface area contributed by atoms with Gasteiger partial charge >= 0.3 is 5.97 Å².